The zero-order valence-electron chi connectivity index (χ0n) is 12.0. The van der Waals surface area contributed by atoms with Crippen molar-refractivity contribution in [3.8, 4) is 0 Å². The van der Waals surface area contributed by atoms with E-state index in [-0.39, 0.29) is 5.97 Å². The van der Waals surface area contributed by atoms with Crippen LogP contribution < -0.4 is 0 Å². The Morgan fingerprint density at radius 1 is 1.06 bits per heavy atom. The number of hydrogen-bond donors (Lipinski definition) is 0. The maximum absolute atomic E-state index is 11.3. The Kier molecular flexibility index (Phi) is 11.6. The SMILES string of the molecule is CCCCOC(=O)CCCCCCC(C)CC. The smallest absolute Gasteiger partial charge is 0.305 e. The summed E-state index contributed by atoms with van der Waals surface area (Å²) in [5.74, 6) is 0.842. The molecule has 0 heterocycles. The molecule has 1 atom stereocenters. The molecule has 2 nitrogen and oxygen atoms in total. The summed E-state index contributed by atoms with van der Waals surface area (Å²) in [5, 5.41) is 0. The molecule has 1 unspecified atom stereocenters. The molecule has 0 aliphatic carbocycles. The number of ether oxygens (including phenoxy) is 1. The number of esters is 1. The van der Waals surface area contributed by atoms with Crippen LogP contribution in [0.3, 0.4) is 0 Å². The Morgan fingerprint density at radius 2 is 1.76 bits per heavy atom. The second kappa shape index (κ2) is 11.9. The average molecular weight is 242 g/mol. The first-order chi connectivity index (χ1) is 8.20. The van der Waals surface area contributed by atoms with Crippen molar-refractivity contribution >= 4 is 5.97 Å². The zero-order valence-corrected chi connectivity index (χ0v) is 12.0. The third kappa shape index (κ3) is 11.7. The minimum Gasteiger partial charge on any atom is -0.466 e. The van der Waals surface area contributed by atoms with E-state index in [4.69, 9.17) is 4.74 Å². The Bertz CT molecular complexity index is 178. The van der Waals surface area contributed by atoms with Gasteiger partial charge in [-0.15, -0.1) is 0 Å². The number of carbonyl (C=O) groups is 1. The first-order valence-electron chi connectivity index (χ1n) is 7.36. The lowest BCUT2D eigenvalue weighted by atomic mass is 10.0. The van der Waals surface area contributed by atoms with E-state index in [1.807, 2.05) is 0 Å². The largest absolute Gasteiger partial charge is 0.466 e. The van der Waals surface area contributed by atoms with Crippen LogP contribution in [0.2, 0.25) is 0 Å². The van der Waals surface area contributed by atoms with E-state index in [1.54, 1.807) is 0 Å². The first kappa shape index (κ1) is 16.5. The quantitative estimate of drug-likeness (QED) is 0.387. The van der Waals surface area contributed by atoms with Crippen LogP contribution in [-0.4, -0.2) is 12.6 Å². The van der Waals surface area contributed by atoms with Gasteiger partial charge in [0.2, 0.25) is 0 Å². The molecule has 0 rings (SSSR count). The van der Waals surface area contributed by atoms with Gasteiger partial charge in [0.15, 0.2) is 0 Å². The van der Waals surface area contributed by atoms with Gasteiger partial charge >= 0.3 is 5.97 Å². The Morgan fingerprint density at radius 3 is 2.41 bits per heavy atom. The topological polar surface area (TPSA) is 26.3 Å². The lowest BCUT2D eigenvalue weighted by molar-refractivity contribution is -0.143. The normalized spacial score (nSPS) is 12.4. The molecule has 0 aromatic heterocycles. The summed E-state index contributed by atoms with van der Waals surface area (Å²) in [6.07, 6.45) is 10.0. The molecule has 0 saturated carbocycles. The van der Waals surface area contributed by atoms with Crippen molar-refractivity contribution in [3.05, 3.63) is 0 Å². The van der Waals surface area contributed by atoms with Crippen molar-refractivity contribution in [3.63, 3.8) is 0 Å². The fourth-order valence-corrected chi connectivity index (χ4v) is 1.72. The monoisotopic (exact) mass is 242 g/mol. The van der Waals surface area contributed by atoms with Crippen molar-refractivity contribution in [1.82, 2.24) is 0 Å². The highest BCUT2D eigenvalue weighted by atomic mass is 16.5. The van der Waals surface area contributed by atoms with Gasteiger partial charge in [-0.3, -0.25) is 4.79 Å². The van der Waals surface area contributed by atoms with E-state index < -0.39 is 0 Å². The summed E-state index contributed by atoms with van der Waals surface area (Å²) in [6.45, 7) is 7.26. The van der Waals surface area contributed by atoms with Crippen molar-refractivity contribution in [2.75, 3.05) is 6.61 Å². The molecule has 0 aliphatic rings. The number of hydrogen-bond acceptors (Lipinski definition) is 2. The van der Waals surface area contributed by atoms with Crippen molar-refractivity contribution in [2.24, 2.45) is 5.92 Å². The predicted octanol–water partition coefficient (Wildman–Crippen LogP) is 4.72. The van der Waals surface area contributed by atoms with Gasteiger partial charge in [-0.1, -0.05) is 59.3 Å². The number of rotatable bonds is 11. The highest BCUT2D eigenvalue weighted by Crippen LogP contribution is 2.13. The molecule has 2 heteroatoms. The maximum atomic E-state index is 11.3. The van der Waals surface area contributed by atoms with Crippen LogP contribution in [0.1, 0.15) is 78.6 Å². The molecule has 17 heavy (non-hydrogen) atoms. The predicted molar refractivity (Wildman–Crippen MR) is 73.0 cm³/mol. The van der Waals surface area contributed by atoms with Gasteiger partial charge in [0.05, 0.1) is 6.61 Å². The molecule has 0 aromatic rings. The van der Waals surface area contributed by atoms with Crippen LogP contribution in [-0.2, 0) is 9.53 Å². The van der Waals surface area contributed by atoms with Crippen molar-refractivity contribution < 1.29 is 9.53 Å². The highest BCUT2D eigenvalue weighted by Gasteiger charge is 2.02. The van der Waals surface area contributed by atoms with Gasteiger partial charge in [-0.25, -0.2) is 0 Å². The molecular formula is C15H30O2. The fourth-order valence-electron chi connectivity index (χ4n) is 1.72. The van der Waals surface area contributed by atoms with Crippen LogP contribution >= 0.6 is 0 Å². The Balaban J connectivity index is 3.19. The zero-order chi connectivity index (χ0) is 12.9. The lowest BCUT2D eigenvalue weighted by Gasteiger charge is -2.07. The second-order valence-electron chi connectivity index (χ2n) is 5.04. The fraction of sp³-hybridized carbons (Fsp3) is 0.933. The Labute approximate surface area is 107 Å². The molecule has 0 aromatic carbocycles. The minimum absolute atomic E-state index is 0.0135. The van der Waals surface area contributed by atoms with Crippen LogP contribution in [0.4, 0.5) is 0 Å². The minimum atomic E-state index is -0.0135. The van der Waals surface area contributed by atoms with E-state index in [1.165, 1.54) is 32.1 Å². The summed E-state index contributed by atoms with van der Waals surface area (Å²) >= 11 is 0. The summed E-state index contributed by atoms with van der Waals surface area (Å²) in [5.41, 5.74) is 0. The standard InChI is InChI=1S/C15H30O2/c1-4-6-13-17-15(16)12-10-8-7-9-11-14(3)5-2/h14H,4-13H2,1-3H3. The van der Waals surface area contributed by atoms with Gasteiger partial charge < -0.3 is 4.74 Å². The van der Waals surface area contributed by atoms with E-state index in [0.29, 0.717) is 13.0 Å². The molecule has 0 amide bonds. The average Bonchev–Trinajstić information content (AvgIpc) is 2.33. The first-order valence-corrected chi connectivity index (χ1v) is 7.36. The van der Waals surface area contributed by atoms with Gasteiger partial charge in [-0.2, -0.15) is 0 Å². The Hall–Kier alpha value is -0.530. The van der Waals surface area contributed by atoms with E-state index in [2.05, 4.69) is 20.8 Å². The molecular weight excluding hydrogens is 212 g/mol. The van der Waals surface area contributed by atoms with E-state index >= 15 is 0 Å². The van der Waals surface area contributed by atoms with Crippen LogP contribution in [0, 0.1) is 5.92 Å². The molecule has 0 spiro atoms. The van der Waals surface area contributed by atoms with Crippen LogP contribution in [0.15, 0.2) is 0 Å². The third-order valence-electron chi connectivity index (χ3n) is 3.29. The number of unbranched alkanes of at least 4 members (excludes halogenated alkanes) is 4. The number of carbonyl (C=O) groups excluding carboxylic acids is 1. The lowest BCUT2D eigenvalue weighted by Crippen LogP contribution is -2.05. The second-order valence-corrected chi connectivity index (χ2v) is 5.04. The summed E-state index contributed by atoms with van der Waals surface area (Å²) < 4.78 is 5.11. The molecule has 0 fully saturated rings. The van der Waals surface area contributed by atoms with Gasteiger partial charge in [0.1, 0.15) is 0 Å². The van der Waals surface area contributed by atoms with Gasteiger partial charge in [0, 0.05) is 6.42 Å². The molecule has 0 radical (unpaired) electrons. The van der Waals surface area contributed by atoms with Crippen molar-refractivity contribution in [2.45, 2.75) is 78.6 Å². The molecule has 0 saturated heterocycles. The molecule has 0 bridgehead atoms. The summed E-state index contributed by atoms with van der Waals surface area (Å²) in [4.78, 5) is 11.3. The summed E-state index contributed by atoms with van der Waals surface area (Å²) in [7, 11) is 0. The van der Waals surface area contributed by atoms with E-state index in [0.717, 1.165) is 25.2 Å². The highest BCUT2D eigenvalue weighted by molar-refractivity contribution is 5.69. The van der Waals surface area contributed by atoms with Gasteiger partial charge in [0.25, 0.3) is 0 Å². The molecule has 102 valence electrons. The van der Waals surface area contributed by atoms with Crippen LogP contribution in [0.25, 0.3) is 0 Å². The third-order valence-corrected chi connectivity index (χ3v) is 3.29. The van der Waals surface area contributed by atoms with Crippen LogP contribution in [0.5, 0.6) is 0 Å². The molecule has 0 N–H and O–H groups in total. The summed E-state index contributed by atoms with van der Waals surface area (Å²) in [6, 6.07) is 0. The molecule has 0 aliphatic heterocycles. The van der Waals surface area contributed by atoms with E-state index in [9.17, 15) is 4.79 Å². The van der Waals surface area contributed by atoms with Crippen molar-refractivity contribution in [1.29, 1.82) is 0 Å². The van der Waals surface area contributed by atoms with Gasteiger partial charge in [-0.05, 0) is 18.8 Å². The maximum Gasteiger partial charge on any atom is 0.305 e.